The van der Waals surface area contributed by atoms with Gasteiger partial charge in [-0.25, -0.2) is 4.39 Å². The molecule has 2 aromatic carbocycles. The molecule has 1 heterocycles. The van der Waals surface area contributed by atoms with Gasteiger partial charge in [0.1, 0.15) is 5.82 Å². The van der Waals surface area contributed by atoms with E-state index in [1.165, 1.54) is 18.2 Å². The highest BCUT2D eigenvalue weighted by Gasteiger charge is 2.15. The van der Waals surface area contributed by atoms with Gasteiger partial charge in [0.15, 0.2) is 0 Å². The second-order valence-electron chi connectivity index (χ2n) is 4.62. The second-order valence-corrected chi connectivity index (χ2v) is 5.03. The van der Waals surface area contributed by atoms with Crippen LogP contribution in [0.15, 0.2) is 40.9 Å². The van der Waals surface area contributed by atoms with Gasteiger partial charge in [0.2, 0.25) is 5.82 Å². The minimum atomic E-state index is -0.417. The van der Waals surface area contributed by atoms with Crippen molar-refractivity contribution in [2.45, 2.75) is 6.92 Å². The highest BCUT2D eigenvalue weighted by Crippen LogP contribution is 2.30. The van der Waals surface area contributed by atoms with Gasteiger partial charge in [-0.3, -0.25) is 0 Å². The molecule has 3 aromatic rings. The minimum absolute atomic E-state index is 0.228. The van der Waals surface area contributed by atoms with Crippen molar-refractivity contribution in [2.24, 2.45) is 0 Å². The number of nitrogens with two attached hydrogens (primary N) is 1. The zero-order valence-electron chi connectivity index (χ0n) is 11.1. The first-order chi connectivity index (χ1) is 10.0. The molecule has 0 fully saturated rings. The predicted molar refractivity (Wildman–Crippen MR) is 79.3 cm³/mol. The predicted octanol–water partition coefficient (Wildman–Crippen LogP) is 4.09. The molecule has 2 N–H and O–H groups in total. The Morgan fingerprint density at radius 1 is 1.14 bits per heavy atom. The van der Waals surface area contributed by atoms with Crippen molar-refractivity contribution in [1.29, 1.82) is 0 Å². The Bertz CT molecular complexity index is 816. The molecule has 0 atom stereocenters. The molecule has 0 aliphatic rings. The van der Waals surface area contributed by atoms with Crippen LogP contribution < -0.4 is 5.73 Å². The molecule has 0 radical (unpaired) electrons. The average Bonchev–Trinajstić information content (AvgIpc) is 2.91. The number of anilines is 1. The van der Waals surface area contributed by atoms with E-state index in [4.69, 9.17) is 21.9 Å². The Labute approximate surface area is 125 Å². The smallest absolute Gasteiger partial charge is 0.258 e. The molecule has 3 rings (SSSR count). The zero-order valence-corrected chi connectivity index (χ0v) is 11.9. The third kappa shape index (κ3) is 2.60. The summed E-state index contributed by atoms with van der Waals surface area (Å²) in [7, 11) is 0. The topological polar surface area (TPSA) is 64.9 Å². The Morgan fingerprint density at radius 3 is 2.71 bits per heavy atom. The fourth-order valence-electron chi connectivity index (χ4n) is 1.98. The van der Waals surface area contributed by atoms with Crippen LogP contribution in [-0.4, -0.2) is 10.1 Å². The first-order valence-corrected chi connectivity index (χ1v) is 6.58. The van der Waals surface area contributed by atoms with Crippen LogP contribution in [0.25, 0.3) is 22.8 Å². The van der Waals surface area contributed by atoms with Crippen molar-refractivity contribution >= 4 is 17.3 Å². The van der Waals surface area contributed by atoms with Crippen LogP contribution in [0.4, 0.5) is 10.1 Å². The molecule has 0 bridgehead atoms. The van der Waals surface area contributed by atoms with E-state index >= 15 is 0 Å². The molecule has 0 saturated heterocycles. The summed E-state index contributed by atoms with van der Waals surface area (Å²) in [4.78, 5) is 4.30. The molecule has 4 nitrogen and oxygen atoms in total. The highest BCUT2D eigenvalue weighted by atomic mass is 35.5. The molecule has 106 valence electrons. The maximum absolute atomic E-state index is 13.1. The first-order valence-electron chi connectivity index (χ1n) is 6.20. The van der Waals surface area contributed by atoms with Crippen molar-refractivity contribution in [3.63, 3.8) is 0 Å². The molecule has 0 aliphatic heterocycles. The lowest BCUT2D eigenvalue weighted by Crippen LogP contribution is -1.89. The SMILES string of the molecule is Cc1ccc(N)cc1-c1nc(-c2ccc(F)cc2Cl)no1. The van der Waals surface area contributed by atoms with Crippen LogP contribution in [0.2, 0.25) is 5.02 Å². The van der Waals surface area contributed by atoms with Crippen molar-refractivity contribution < 1.29 is 8.91 Å². The normalized spacial score (nSPS) is 10.8. The Morgan fingerprint density at radius 2 is 1.95 bits per heavy atom. The maximum Gasteiger partial charge on any atom is 0.258 e. The number of aryl methyl sites for hydroxylation is 1. The summed E-state index contributed by atoms with van der Waals surface area (Å²) < 4.78 is 18.3. The van der Waals surface area contributed by atoms with Gasteiger partial charge < -0.3 is 10.3 Å². The van der Waals surface area contributed by atoms with Crippen LogP contribution in [0, 0.1) is 12.7 Å². The molecule has 0 amide bonds. The number of rotatable bonds is 2. The van der Waals surface area contributed by atoms with Crippen LogP contribution in [-0.2, 0) is 0 Å². The van der Waals surface area contributed by atoms with Crippen molar-refractivity contribution in [3.05, 3.63) is 52.8 Å². The zero-order chi connectivity index (χ0) is 15.0. The Balaban J connectivity index is 2.06. The summed E-state index contributed by atoms with van der Waals surface area (Å²) in [6.45, 7) is 1.92. The molecule has 0 aliphatic carbocycles. The highest BCUT2D eigenvalue weighted by molar-refractivity contribution is 6.33. The number of hydrogen-bond acceptors (Lipinski definition) is 4. The van der Waals surface area contributed by atoms with Gasteiger partial charge in [-0.15, -0.1) is 0 Å². The molecule has 1 aromatic heterocycles. The van der Waals surface area contributed by atoms with E-state index in [2.05, 4.69) is 10.1 Å². The number of benzene rings is 2. The largest absolute Gasteiger partial charge is 0.399 e. The van der Waals surface area contributed by atoms with Gasteiger partial charge in [-0.05, 0) is 42.8 Å². The molecule has 6 heteroatoms. The van der Waals surface area contributed by atoms with Gasteiger partial charge in [0.25, 0.3) is 5.89 Å². The number of aromatic nitrogens is 2. The van der Waals surface area contributed by atoms with Crippen LogP contribution in [0.5, 0.6) is 0 Å². The third-order valence-electron chi connectivity index (χ3n) is 3.09. The molecular weight excluding hydrogens is 293 g/mol. The lowest BCUT2D eigenvalue weighted by Gasteiger charge is -2.01. The Hall–Kier alpha value is -2.40. The molecular formula is C15H11ClFN3O. The van der Waals surface area contributed by atoms with E-state index in [0.29, 0.717) is 23.0 Å². The Kier molecular flexibility index (Phi) is 3.35. The van der Waals surface area contributed by atoms with Crippen LogP contribution >= 0.6 is 11.6 Å². The summed E-state index contributed by atoms with van der Waals surface area (Å²) in [6.07, 6.45) is 0. The van der Waals surface area contributed by atoms with E-state index in [9.17, 15) is 4.39 Å². The lowest BCUT2D eigenvalue weighted by atomic mass is 10.1. The summed E-state index contributed by atoms with van der Waals surface area (Å²) in [5.41, 5.74) is 8.61. The second kappa shape index (κ2) is 5.18. The monoisotopic (exact) mass is 303 g/mol. The van der Waals surface area contributed by atoms with E-state index < -0.39 is 5.82 Å². The summed E-state index contributed by atoms with van der Waals surface area (Å²) in [6, 6.07) is 9.45. The summed E-state index contributed by atoms with van der Waals surface area (Å²) in [5.74, 6) is 0.228. The van der Waals surface area contributed by atoms with Crippen molar-refractivity contribution in [2.75, 3.05) is 5.73 Å². The van der Waals surface area contributed by atoms with Gasteiger partial charge >= 0.3 is 0 Å². The molecule has 0 saturated carbocycles. The summed E-state index contributed by atoms with van der Waals surface area (Å²) in [5, 5.41) is 4.12. The van der Waals surface area contributed by atoms with Crippen LogP contribution in [0.1, 0.15) is 5.56 Å². The van der Waals surface area contributed by atoms with Gasteiger partial charge in [-0.1, -0.05) is 22.8 Å². The van der Waals surface area contributed by atoms with E-state index in [1.54, 1.807) is 12.1 Å². The fourth-order valence-corrected chi connectivity index (χ4v) is 2.23. The maximum atomic E-state index is 13.1. The van der Waals surface area contributed by atoms with Gasteiger partial charge in [-0.2, -0.15) is 4.98 Å². The van der Waals surface area contributed by atoms with E-state index in [1.807, 2.05) is 13.0 Å². The average molecular weight is 304 g/mol. The third-order valence-corrected chi connectivity index (χ3v) is 3.40. The van der Waals surface area contributed by atoms with E-state index in [0.717, 1.165) is 11.1 Å². The lowest BCUT2D eigenvalue weighted by molar-refractivity contribution is 0.432. The molecule has 21 heavy (non-hydrogen) atoms. The van der Waals surface area contributed by atoms with E-state index in [-0.39, 0.29) is 5.02 Å². The number of hydrogen-bond donors (Lipinski definition) is 1. The van der Waals surface area contributed by atoms with Crippen molar-refractivity contribution in [1.82, 2.24) is 10.1 Å². The first kappa shape index (κ1) is 13.6. The van der Waals surface area contributed by atoms with Crippen LogP contribution in [0.3, 0.4) is 0 Å². The standard InChI is InChI=1S/C15H11ClFN3O/c1-8-2-4-10(18)7-12(8)15-19-14(20-21-15)11-5-3-9(17)6-13(11)16/h2-7H,18H2,1H3. The fraction of sp³-hybridized carbons (Fsp3) is 0.0667. The molecule has 0 unspecified atom stereocenters. The summed E-state index contributed by atoms with van der Waals surface area (Å²) >= 11 is 5.99. The number of nitrogen functional groups attached to an aromatic ring is 1. The molecule has 0 spiro atoms. The minimum Gasteiger partial charge on any atom is -0.399 e. The van der Waals surface area contributed by atoms with Gasteiger partial charge in [0.05, 0.1) is 5.02 Å². The number of nitrogens with zero attached hydrogens (tertiary/aromatic N) is 2. The van der Waals surface area contributed by atoms with Gasteiger partial charge in [0, 0.05) is 16.8 Å². The van der Waals surface area contributed by atoms with Crippen molar-refractivity contribution in [3.8, 4) is 22.8 Å². The quantitative estimate of drug-likeness (QED) is 0.724. The number of halogens is 2.